The summed E-state index contributed by atoms with van der Waals surface area (Å²) < 4.78 is 0. The lowest BCUT2D eigenvalue weighted by molar-refractivity contribution is 0.443. The van der Waals surface area contributed by atoms with Gasteiger partial charge in [0.1, 0.15) is 0 Å². The largest absolute Gasteiger partial charge is 0.313 e. The Morgan fingerprint density at radius 3 is 2.55 bits per heavy atom. The molecule has 0 fully saturated rings. The highest BCUT2D eigenvalue weighted by atomic mass is 35.5. The first-order valence-electron chi connectivity index (χ1n) is 8.26. The van der Waals surface area contributed by atoms with Gasteiger partial charge in [-0.2, -0.15) is 0 Å². The van der Waals surface area contributed by atoms with Crippen molar-refractivity contribution in [1.29, 1.82) is 0 Å². The summed E-state index contributed by atoms with van der Waals surface area (Å²) in [6, 6.07) is 16.0. The minimum atomic E-state index is 0.499. The second kappa shape index (κ2) is 6.85. The van der Waals surface area contributed by atoms with Crippen LogP contribution in [0, 0.1) is 0 Å². The fraction of sp³-hybridized carbons (Fsp3) is 0.400. The van der Waals surface area contributed by atoms with Crippen LogP contribution >= 0.6 is 11.6 Å². The van der Waals surface area contributed by atoms with Crippen LogP contribution in [0.5, 0.6) is 0 Å². The average molecular weight is 314 g/mol. The van der Waals surface area contributed by atoms with E-state index in [1.165, 1.54) is 35.1 Å². The van der Waals surface area contributed by atoms with E-state index < -0.39 is 0 Å². The molecule has 0 bridgehead atoms. The van der Waals surface area contributed by atoms with E-state index in [9.17, 15) is 0 Å². The molecule has 0 saturated heterocycles. The van der Waals surface area contributed by atoms with E-state index in [0.29, 0.717) is 12.0 Å². The van der Waals surface area contributed by atoms with Gasteiger partial charge in [-0.05, 0) is 67.0 Å². The van der Waals surface area contributed by atoms with Crippen molar-refractivity contribution in [2.24, 2.45) is 0 Å². The summed E-state index contributed by atoms with van der Waals surface area (Å²) >= 11 is 6.38. The standard InChI is InChI=1S/C20H24ClN/c1-3-15-9-8-14(13-19(15)21)12-16-10-11-20(22-2)18-7-5-4-6-17(16)18/h4-9,13,16,20,22H,3,10-12H2,1-2H3. The molecule has 3 rings (SSSR count). The molecule has 0 amide bonds. The number of halogens is 1. The number of aryl methyl sites for hydroxylation is 1. The molecule has 0 heterocycles. The van der Waals surface area contributed by atoms with Crippen LogP contribution in [0.25, 0.3) is 0 Å². The van der Waals surface area contributed by atoms with Gasteiger partial charge in [-0.3, -0.25) is 0 Å². The Balaban J connectivity index is 1.85. The molecule has 2 aromatic rings. The molecule has 1 aliphatic carbocycles. The van der Waals surface area contributed by atoms with Gasteiger partial charge in [-0.15, -0.1) is 0 Å². The third-order valence-electron chi connectivity index (χ3n) is 4.94. The third-order valence-corrected chi connectivity index (χ3v) is 5.30. The van der Waals surface area contributed by atoms with Gasteiger partial charge in [0.15, 0.2) is 0 Å². The highest BCUT2D eigenvalue weighted by Crippen LogP contribution is 2.39. The first kappa shape index (κ1) is 15.6. The molecular weight excluding hydrogens is 290 g/mol. The van der Waals surface area contributed by atoms with Gasteiger partial charge < -0.3 is 5.32 Å². The van der Waals surface area contributed by atoms with Crippen molar-refractivity contribution in [2.75, 3.05) is 7.05 Å². The molecule has 116 valence electrons. The zero-order valence-electron chi connectivity index (χ0n) is 13.4. The SMILES string of the molecule is CCc1ccc(CC2CCC(NC)c3ccccc32)cc1Cl. The predicted molar refractivity (Wildman–Crippen MR) is 94.8 cm³/mol. The van der Waals surface area contributed by atoms with E-state index in [0.717, 1.165) is 17.9 Å². The normalized spacial score (nSPS) is 20.7. The Bertz CT molecular complexity index is 650. The number of benzene rings is 2. The van der Waals surface area contributed by atoms with Crippen LogP contribution in [0.1, 0.15) is 54.0 Å². The van der Waals surface area contributed by atoms with E-state index in [-0.39, 0.29) is 0 Å². The Hall–Kier alpha value is -1.31. The Morgan fingerprint density at radius 1 is 1.09 bits per heavy atom. The highest BCUT2D eigenvalue weighted by Gasteiger charge is 2.26. The summed E-state index contributed by atoms with van der Waals surface area (Å²) in [5.41, 5.74) is 5.57. The lowest BCUT2D eigenvalue weighted by Crippen LogP contribution is -2.24. The van der Waals surface area contributed by atoms with Gasteiger partial charge in [0.05, 0.1) is 0 Å². The van der Waals surface area contributed by atoms with Crippen molar-refractivity contribution in [2.45, 2.75) is 44.6 Å². The molecule has 0 spiro atoms. The number of hydrogen-bond acceptors (Lipinski definition) is 1. The number of hydrogen-bond donors (Lipinski definition) is 1. The van der Waals surface area contributed by atoms with Crippen LogP contribution in [0.15, 0.2) is 42.5 Å². The molecule has 1 N–H and O–H groups in total. The van der Waals surface area contributed by atoms with Crippen LogP contribution in [-0.2, 0) is 12.8 Å². The molecule has 2 aromatic carbocycles. The molecule has 0 aliphatic heterocycles. The number of fused-ring (bicyclic) bond motifs is 1. The second-order valence-electron chi connectivity index (χ2n) is 6.23. The van der Waals surface area contributed by atoms with E-state index in [2.05, 4.69) is 61.8 Å². The van der Waals surface area contributed by atoms with Gasteiger partial charge >= 0.3 is 0 Å². The van der Waals surface area contributed by atoms with Crippen molar-refractivity contribution in [3.05, 3.63) is 69.7 Å². The summed E-state index contributed by atoms with van der Waals surface area (Å²) in [5.74, 6) is 0.601. The molecule has 22 heavy (non-hydrogen) atoms. The Morgan fingerprint density at radius 2 is 1.86 bits per heavy atom. The molecular formula is C20H24ClN. The molecule has 0 saturated carbocycles. The van der Waals surface area contributed by atoms with Gasteiger partial charge in [-0.25, -0.2) is 0 Å². The summed E-state index contributed by atoms with van der Waals surface area (Å²) in [5, 5.41) is 4.36. The molecule has 1 nitrogen and oxygen atoms in total. The molecule has 2 atom stereocenters. The first-order valence-corrected chi connectivity index (χ1v) is 8.64. The van der Waals surface area contributed by atoms with E-state index >= 15 is 0 Å². The van der Waals surface area contributed by atoms with Gasteiger partial charge in [0.2, 0.25) is 0 Å². The van der Waals surface area contributed by atoms with Crippen LogP contribution < -0.4 is 5.32 Å². The average Bonchev–Trinajstić information content (AvgIpc) is 2.55. The number of nitrogens with one attached hydrogen (secondary N) is 1. The molecule has 0 radical (unpaired) electrons. The van der Waals surface area contributed by atoms with Crippen molar-refractivity contribution in [3.63, 3.8) is 0 Å². The van der Waals surface area contributed by atoms with Crippen molar-refractivity contribution in [1.82, 2.24) is 5.32 Å². The summed E-state index contributed by atoms with van der Waals surface area (Å²) in [4.78, 5) is 0. The maximum Gasteiger partial charge on any atom is 0.0440 e. The molecule has 0 aromatic heterocycles. The van der Waals surface area contributed by atoms with Crippen molar-refractivity contribution >= 4 is 11.6 Å². The van der Waals surface area contributed by atoms with Gasteiger partial charge in [0.25, 0.3) is 0 Å². The third kappa shape index (κ3) is 3.06. The lowest BCUT2D eigenvalue weighted by Gasteiger charge is -2.31. The van der Waals surface area contributed by atoms with Crippen LogP contribution in [0.4, 0.5) is 0 Å². The van der Waals surface area contributed by atoms with Crippen LogP contribution in [0.2, 0.25) is 5.02 Å². The monoisotopic (exact) mass is 313 g/mol. The number of rotatable bonds is 4. The molecule has 1 aliphatic rings. The predicted octanol–water partition coefficient (Wildman–Crippen LogP) is 5.28. The molecule has 2 heteroatoms. The minimum absolute atomic E-state index is 0.499. The van der Waals surface area contributed by atoms with E-state index in [1.54, 1.807) is 0 Å². The van der Waals surface area contributed by atoms with E-state index in [4.69, 9.17) is 11.6 Å². The zero-order valence-corrected chi connectivity index (χ0v) is 14.2. The van der Waals surface area contributed by atoms with Gasteiger partial charge in [0, 0.05) is 11.1 Å². The fourth-order valence-corrected chi connectivity index (χ4v) is 4.02. The minimum Gasteiger partial charge on any atom is -0.313 e. The van der Waals surface area contributed by atoms with Crippen molar-refractivity contribution in [3.8, 4) is 0 Å². The topological polar surface area (TPSA) is 12.0 Å². The summed E-state index contributed by atoms with van der Waals surface area (Å²) in [6.45, 7) is 2.15. The van der Waals surface area contributed by atoms with Crippen molar-refractivity contribution < 1.29 is 0 Å². The van der Waals surface area contributed by atoms with E-state index in [1.807, 2.05) is 0 Å². The second-order valence-corrected chi connectivity index (χ2v) is 6.64. The zero-order chi connectivity index (χ0) is 15.5. The van der Waals surface area contributed by atoms with Crippen LogP contribution in [-0.4, -0.2) is 7.05 Å². The lowest BCUT2D eigenvalue weighted by atomic mass is 9.77. The van der Waals surface area contributed by atoms with Gasteiger partial charge in [-0.1, -0.05) is 54.9 Å². The van der Waals surface area contributed by atoms with Crippen LogP contribution in [0.3, 0.4) is 0 Å². The Labute approximate surface area is 138 Å². The maximum atomic E-state index is 6.38. The molecule has 2 unspecified atom stereocenters. The first-order chi connectivity index (χ1) is 10.7. The Kier molecular flexibility index (Phi) is 4.85. The highest BCUT2D eigenvalue weighted by molar-refractivity contribution is 6.31. The smallest absolute Gasteiger partial charge is 0.0440 e. The fourth-order valence-electron chi connectivity index (χ4n) is 3.68. The maximum absolute atomic E-state index is 6.38. The summed E-state index contributed by atoms with van der Waals surface area (Å²) in [6.07, 6.45) is 4.51. The quantitative estimate of drug-likeness (QED) is 0.809. The summed E-state index contributed by atoms with van der Waals surface area (Å²) in [7, 11) is 2.06.